The van der Waals surface area contributed by atoms with Crippen LogP contribution in [0.1, 0.15) is 27.7 Å². The summed E-state index contributed by atoms with van der Waals surface area (Å²) < 4.78 is 15.4. The topological polar surface area (TPSA) is 61.8 Å². The number of esters is 2. The zero-order valence-electron chi connectivity index (χ0n) is 9.35. The molecule has 4 atom stereocenters. The number of carbonyl (C=O) groups excluding carboxylic acids is 2. The first-order valence-electron chi connectivity index (χ1n) is 4.91. The third-order valence-electron chi connectivity index (χ3n) is 2.46. The Kier molecular flexibility index (Phi) is 3.68. The molecule has 15 heavy (non-hydrogen) atoms. The van der Waals surface area contributed by atoms with Gasteiger partial charge in [-0.05, 0) is 6.92 Å². The Bertz CT molecular complexity index is 263. The van der Waals surface area contributed by atoms with Gasteiger partial charge in [-0.3, -0.25) is 9.59 Å². The van der Waals surface area contributed by atoms with Crippen molar-refractivity contribution in [1.29, 1.82) is 0 Å². The van der Waals surface area contributed by atoms with Gasteiger partial charge in [0.05, 0.1) is 6.10 Å². The molecule has 5 nitrogen and oxygen atoms in total. The molecule has 1 aliphatic rings. The first kappa shape index (κ1) is 12.0. The molecule has 1 aliphatic heterocycles. The van der Waals surface area contributed by atoms with Crippen LogP contribution >= 0.6 is 0 Å². The maximum atomic E-state index is 10.9. The minimum Gasteiger partial charge on any atom is -0.455 e. The molecule has 1 saturated heterocycles. The van der Waals surface area contributed by atoms with Crippen LogP contribution in [-0.4, -0.2) is 30.4 Å². The van der Waals surface area contributed by atoms with E-state index in [-0.39, 0.29) is 12.0 Å². The van der Waals surface area contributed by atoms with Crippen LogP contribution in [0.3, 0.4) is 0 Å². The standard InChI is InChI=1S/C10H16O5/c1-5-6(2)13-10(15-8(4)12)9(5)14-7(3)11/h5-6,9-10H,1-4H3/t5?,6-,9+,10?/m1/s1. The quantitative estimate of drug-likeness (QED) is 0.641. The van der Waals surface area contributed by atoms with Crippen LogP contribution in [0.25, 0.3) is 0 Å². The molecule has 0 aromatic carbocycles. The molecule has 0 aromatic rings. The molecule has 0 spiro atoms. The van der Waals surface area contributed by atoms with Crippen molar-refractivity contribution in [3.63, 3.8) is 0 Å². The molecular formula is C10H16O5. The predicted octanol–water partition coefficient (Wildman–Crippen LogP) is 0.862. The third kappa shape index (κ3) is 2.92. The maximum absolute atomic E-state index is 10.9. The molecule has 1 heterocycles. The Morgan fingerprint density at radius 2 is 1.60 bits per heavy atom. The van der Waals surface area contributed by atoms with Gasteiger partial charge in [-0.2, -0.15) is 0 Å². The van der Waals surface area contributed by atoms with E-state index in [1.54, 1.807) is 0 Å². The number of carbonyl (C=O) groups is 2. The summed E-state index contributed by atoms with van der Waals surface area (Å²) in [6, 6.07) is 0. The van der Waals surface area contributed by atoms with Crippen molar-refractivity contribution in [3.05, 3.63) is 0 Å². The largest absolute Gasteiger partial charge is 0.455 e. The van der Waals surface area contributed by atoms with Gasteiger partial charge in [-0.1, -0.05) is 6.92 Å². The van der Waals surface area contributed by atoms with E-state index < -0.39 is 24.3 Å². The van der Waals surface area contributed by atoms with Crippen molar-refractivity contribution < 1.29 is 23.8 Å². The first-order valence-corrected chi connectivity index (χ1v) is 4.91. The van der Waals surface area contributed by atoms with E-state index in [1.165, 1.54) is 13.8 Å². The highest BCUT2D eigenvalue weighted by Gasteiger charge is 2.44. The molecule has 0 amide bonds. The summed E-state index contributed by atoms with van der Waals surface area (Å²) in [4.78, 5) is 21.7. The van der Waals surface area contributed by atoms with Gasteiger partial charge in [0.25, 0.3) is 0 Å². The van der Waals surface area contributed by atoms with E-state index in [0.717, 1.165) is 0 Å². The van der Waals surface area contributed by atoms with Gasteiger partial charge in [0.2, 0.25) is 6.29 Å². The Hall–Kier alpha value is -1.10. The molecule has 0 N–H and O–H groups in total. The molecule has 0 saturated carbocycles. The van der Waals surface area contributed by atoms with Crippen LogP contribution < -0.4 is 0 Å². The number of rotatable bonds is 2. The highest BCUT2D eigenvalue weighted by molar-refractivity contribution is 5.67. The van der Waals surface area contributed by atoms with Gasteiger partial charge in [-0.25, -0.2) is 0 Å². The van der Waals surface area contributed by atoms with E-state index >= 15 is 0 Å². The molecule has 5 heteroatoms. The molecule has 0 bridgehead atoms. The van der Waals surface area contributed by atoms with E-state index in [2.05, 4.69) is 0 Å². The first-order chi connectivity index (χ1) is 6.91. The predicted molar refractivity (Wildman–Crippen MR) is 50.8 cm³/mol. The lowest BCUT2D eigenvalue weighted by atomic mass is 10.0. The van der Waals surface area contributed by atoms with Gasteiger partial charge in [0.1, 0.15) is 0 Å². The Labute approximate surface area is 88.7 Å². The maximum Gasteiger partial charge on any atom is 0.305 e. The van der Waals surface area contributed by atoms with E-state index in [1.807, 2.05) is 13.8 Å². The van der Waals surface area contributed by atoms with E-state index in [0.29, 0.717) is 0 Å². The second-order valence-corrected chi connectivity index (χ2v) is 3.75. The normalized spacial score (nSPS) is 34.9. The van der Waals surface area contributed by atoms with Gasteiger partial charge >= 0.3 is 11.9 Å². The SMILES string of the molecule is CC(=O)OC1O[C@H](C)C(C)[C@@H]1OC(C)=O. The molecule has 0 aliphatic carbocycles. The van der Waals surface area contributed by atoms with Crippen molar-refractivity contribution >= 4 is 11.9 Å². The smallest absolute Gasteiger partial charge is 0.305 e. The summed E-state index contributed by atoms with van der Waals surface area (Å²) in [5.41, 5.74) is 0. The van der Waals surface area contributed by atoms with E-state index in [9.17, 15) is 9.59 Å². The van der Waals surface area contributed by atoms with Crippen LogP contribution in [0.2, 0.25) is 0 Å². The fourth-order valence-electron chi connectivity index (χ4n) is 1.54. The summed E-state index contributed by atoms with van der Waals surface area (Å²) in [7, 11) is 0. The minimum absolute atomic E-state index is 0.0123. The zero-order valence-corrected chi connectivity index (χ0v) is 9.35. The minimum atomic E-state index is -0.781. The number of hydrogen-bond donors (Lipinski definition) is 0. The second kappa shape index (κ2) is 4.61. The third-order valence-corrected chi connectivity index (χ3v) is 2.46. The Morgan fingerprint density at radius 1 is 1.07 bits per heavy atom. The van der Waals surface area contributed by atoms with Crippen LogP contribution in [0.5, 0.6) is 0 Å². The van der Waals surface area contributed by atoms with Crippen LogP contribution in [0.15, 0.2) is 0 Å². The van der Waals surface area contributed by atoms with Crippen molar-refractivity contribution in [1.82, 2.24) is 0 Å². The highest BCUT2D eigenvalue weighted by Crippen LogP contribution is 2.29. The summed E-state index contributed by atoms with van der Waals surface area (Å²) >= 11 is 0. The fraction of sp³-hybridized carbons (Fsp3) is 0.800. The molecule has 2 unspecified atom stereocenters. The van der Waals surface area contributed by atoms with Crippen LogP contribution in [0.4, 0.5) is 0 Å². The Morgan fingerprint density at radius 3 is 2.07 bits per heavy atom. The lowest BCUT2D eigenvalue weighted by Crippen LogP contribution is -2.33. The number of hydrogen-bond acceptors (Lipinski definition) is 5. The zero-order chi connectivity index (χ0) is 11.6. The lowest BCUT2D eigenvalue weighted by molar-refractivity contribution is -0.193. The van der Waals surface area contributed by atoms with Crippen molar-refractivity contribution in [2.75, 3.05) is 0 Å². The van der Waals surface area contributed by atoms with Gasteiger partial charge in [0, 0.05) is 19.8 Å². The summed E-state index contributed by atoms with van der Waals surface area (Å²) in [6.45, 7) is 6.36. The highest BCUT2D eigenvalue weighted by atomic mass is 16.7. The monoisotopic (exact) mass is 216 g/mol. The van der Waals surface area contributed by atoms with Gasteiger partial charge in [0.15, 0.2) is 6.10 Å². The summed E-state index contributed by atoms with van der Waals surface area (Å²) in [5, 5.41) is 0. The van der Waals surface area contributed by atoms with Gasteiger partial charge in [-0.15, -0.1) is 0 Å². The van der Waals surface area contributed by atoms with Crippen LogP contribution in [0, 0.1) is 5.92 Å². The molecular weight excluding hydrogens is 200 g/mol. The van der Waals surface area contributed by atoms with Gasteiger partial charge < -0.3 is 14.2 Å². The summed E-state index contributed by atoms with van der Waals surface area (Å²) in [5.74, 6) is -0.835. The van der Waals surface area contributed by atoms with Crippen molar-refractivity contribution in [2.45, 2.75) is 46.2 Å². The van der Waals surface area contributed by atoms with E-state index in [4.69, 9.17) is 14.2 Å². The van der Waals surface area contributed by atoms with Crippen molar-refractivity contribution in [2.24, 2.45) is 5.92 Å². The average Bonchev–Trinajstić information content (AvgIpc) is 2.31. The molecule has 86 valence electrons. The molecule has 1 rings (SSSR count). The molecule has 1 fully saturated rings. The summed E-state index contributed by atoms with van der Waals surface area (Å²) in [6.07, 6.45) is -1.39. The average molecular weight is 216 g/mol. The Balaban J connectivity index is 2.68. The molecule has 0 radical (unpaired) electrons. The fourth-order valence-corrected chi connectivity index (χ4v) is 1.54. The number of ether oxygens (including phenoxy) is 3. The lowest BCUT2D eigenvalue weighted by Gasteiger charge is -2.19. The van der Waals surface area contributed by atoms with Crippen molar-refractivity contribution in [3.8, 4) is 0 Å². The molecule has 0 aromatic heterocycles. The second-order valence-electron chi connectivity index (χ2n) is 3.75. The van der Waals surface area contributed by atoms with Crippen LogP contribution in [-0.2, 0) is 23.8 Å².